The van der Waals surface area contributed by atoms with Gasteiger partial charge in [-0.15, -0.1) is 0 Å². The number of para-hydroxylation sites is 1. The second-order valence-electron chi connectivity index (χ2n) is 10.2. The van der Waals surface area contributed by atoms with Crippen LogP contribution in [-0.4, -0.2) is 73.1 Å². The molecular weight excluding hydrogens is 494 g/mol. The van der Waals surface area contributed by atoms with E-state index in [1.807, 2.05) is 77.4 Å². The molecule has 2 aliphatic heterocycles. The molecule has 1 N–H and O–H groups in total. The summed E-state index contributed by atoms with van der Waals surface area (Å²) in [6.07, 6.45) is 5.86. The SMILES string of the molecule is CCOC(=O)N[C@@H](Cc1ccccc1)C(=O)N1CCC2(CCN(C(=O)/C=C/c3ccccc3OCC)CC2)C1. The molecule has 2 saturated heterocycles. The zero-order valence-corrected chi connectivity index (χ0v) is 22.9. The van der Waals surface area contributed by atoms with Crippen molar-refractivity contribution in [2.24, 2.45) is 5.41 Å². The normalized spacial score (nSPS) is 17.3. The summed E-state index contributed by atoms with van der Waals surface area (Å²) in [6, 6.07) is 16.7. The smallest absolute Gasteiger partial charge is 0.407 e. The summed E-state index contributed by atoms with van der Waals surface area (Å²) in [7, 11) is 0. The third-order valence-corrected chi connectivity index (χ3v) is 7.66. The molecule has 0 radical (unpaired) electrons. The molecule has 2 aromatic carbocycles. The topological polar surface area (TPSA) is 88.2 Å². The van der Waals surface area contributed by atoms with Crippen LogP contribution in [0.3, 0.4) is 0 Å². The number of alkyl carbamates (subject to hydrolysis) is 1. The first-order valence-corrected chi connectivity index (χ1v) is 13.9. The predicted molar refractivity (Wildman–Crippen MR) is 150 cm³/mol. The van der Waals surface area contributed by atoms with E-state index in [0.29, 0.717) is 39.2 Å². The monoisotopic (exact) mass is 533 g/mol. The number of carbonyl (C=O) groups excluding carboxylic acids is 3. The van der Waals surface area contributed by atoms with Crippen molar-refractivity contribution in [1.82, 2.24) is 15.1 Å². The van der Waals surface area contributed by atoms with Crippen molar-refractivity contribution in [2.45, 2.75) is 45.6 Å². The summed E-state index contributed by atoms with van der Waals surface area (Å²) >= 11 is 0. The molecule has 2 aliphatic rings. The van der Waals surface area contributed by atoms with Gasteiger partial charge in [-0.3, -0.25) is 9.59 Å². The van der Waals surface area contributed by atoms with E-state index >= 15 is 0 Å². The zero-order chi connectivity index (χ0) is 27.7. The van der Waals surface area contributed by atoms with Crippen LogP contribution in [0.5, 0.6) is 5.75 Å². The summed E-state index contributed by atoms with van der Waals surface area (Å²) < 4.78 is 10.7. The van der Waals surface area contributed by atoms with Gasteiger partial charge in [0.15, 0.2) is 0 Å². The maximum Gasteiger partial charge on any atom is 0.407 e. The molecule has 0 aromatic heterocycles. The Morgan fingerprint density at radius 2 is 1.59 bits per heavy atom. The average molecular weight is 534 g/mol. The maximum absolute atomic E-state index is 13.6. The van der Waals surface area contributed by atoms with Crippen LogP contribution in [0.1, 0.15) is 44.2 Å². The lowest BCUT2D eigenvalue weighted by atomic mass is 9.77. The summed E-state index contributed by atoms with van der Waals surface area (Å²) in [5.74, 6) is 0.669. The van der Waals surface area contributed by atoms with Gasteiger partial charge < -0.3 is 24.6 Å². The molecular formula is C31H39N3O5. The van der Waals surface area contributed by atoms with Gasteiger partial charge in [-0.2, -0.15) is 0 Å². The molecule has 39 heavy (non-hydrogen) atoms. The van der Waals surface area contributed by atoms with E-state index in [-0.39, 0.29) is 23.8 Å². The number of hydrogen-bond acceptors (Lipinski definition) is 5. The van der Waals surface area contributed by atoms with Crippen LogP contribution in [0.15, 0.2) is 60.7 Å². The Kier molecular flexibility index (Phi) is 9.63. The molecule has 2 fully saturated rings. The third-order valence-electron chi connectivity index (χ3n) is 7.66. The minimum absolute atomic E-state index is 0.00105. The number of ether oxygens (including phenoxy) is 2. The average Bonchev–Trinajstić information content (AvgIpc) is 3.36. The quantitative estimate of drug-likeness (QED) is 0.486. The van der Waals surface area contributed by atoms with E-state index in [1.165, 1.54) is 0 Å². The summed E-state index contributed by atoms with van der Waals surface area (Å²) in [4.78, 5) is 42.4. The Morgan fingerprint density at radius 3 is 2.28 bits per heavy atom. The van der Waals surface area contributed by atoms with Crippen LogP contribution in [0, 0.1) is 5.41 Å². The van der Waals surface area contributed by atoms with Gasteiger partial charge >= 0.3 is 6.09 Å². The van der Waals surface area contributed by atoms with Gasteiger partial charge in [0.25, 0.3) is 0 Å². The van der Waals surface area contributed by atoms with Crippen molar-refractivity contribution in [1.29, 1.82) is 0 Å². The van der Waals surface area contributed by atoms with Crippen LogP contribution >= 0.6 is 0 Å². The zero-order valence-electron chi connectivity index (χ0n) is 22.9. The third kappa shape index (κ3) is 7.40. The number of hydrogen-bond donors (Lipinski definition) is 1. The van der Waals surface area contributed by atoms with Crippen LogP contribution in [0.4, 0.5) is 4.79 Å². The molecule has 1 spiro atoms. The fraction of sp³-hybridized carbons (Fsp3) is 0.452. The molecule has 3 amide bonds. The van der Waals surface area contributed by atoms with Crippen molar-refractivity contribution < 1.29 is 23.9 Å². The number of nitrogens with one attached hydrogen (secondary N) is 1. The second kappa shape index (κ2) is 13.3. The fourth-order valence-electron chi connectivity index (χ4n) is 5.49. The molecule has 0 aliphatic carbocycles. The van der Waals surface area contributed by atoms with E-state index in [9.17, 15) is 14.4 Å². The largest absolute Gasteiger partial charge is 0.493 e. The number of carbonyl (C=O) groups is 3. The summed E-state index contributed by atoms with van der Waals surface area (Å²) in [5, 5.41) is 2.77. The number of nitrogens with zero attached hydrogens (tertiary/aromatic N) is 2. The molecule has 2 aromatic rings. The minimum atomic E-state index is -0.687. The first-order valence-electron chi connectivity index (χ1n) is 13.9. The van der Waals surface area contributed by atoms with E-state index in [2.05, 4.69) is 5.32 Å². The maximum atomic E-state index is 13.6. The fourth-order valence-corrected chi connectivity index (χ4v) is 5.49. The number of amides is 3. The van der Waals surface area contributed by atoms with E-state index < -0.39 is 12.1 Å². The van der Waals surface area contributed by atoms with Gasteiger partial charge in [-0.05, 0) is 56.2 Å². The van der Waals surface area contributed by atoms with Crippen LogP contribution in [0.25, 0.3) is 6.08 Å². The molecule has 0 saturated carbocycles. The first-order chi connectivity index (χ1) is 18.9. The molecule has 4 rings (SSSR count). The van der Waals surface area contributed by atoms with E-state index in [0.717, 1.165) is 36.1 Å². The molecule has 208 valence electrons. The van der Waals surface area contributed by atoms with Gasteiger partial charge in [0, 0.05) is 44.2 Å². The lowest BCUT2D eigenvalue weighted by molar-refractivity contribution is -0.133. The van der Waals surface area contributed by atoms with Crippen molar-refractivity contribution in [3.8, 4) is 5.75 Å². The van der Waals surface area contributed by atoms with Crippen molar-refractivity contribution in [2.75, 3.05) is 39.4 Å². The highest BCUT2D eigenvalue weighted by Gasteiger charge is 2.43. The van der Waals surface area contributed by atoms with Crippen molar-refractivity contribution in [3.05, 3.63) is 71.8 Å². The first kappa shape index (κ1) is 28.2. The van der Waals surface area contributed by atoms with Gasteiger partial charge in [0.2, 0.25) is 11.8 Å². The molecule has 0 bridgehead atoms. The number of rotatable bonds is 9. The number of likely N-dealkylation sites (tertiary alicyclic amines) is 2. The van der Waals surface area contributed by atoms with Crippen LogP contribution in [-0.2, 0) is 20.7 Å². The van der Waals surface area contributed by atoms with Gasteiger partial charge in [0.05, 0.1) is 13.2 Å². The summed E-state index contributed by atoms with van der Waals surface area (Å²) in [6.45, 7) is 7.10. The van der Waals surface area contributed by atoms with Crippen molar-refractivity contribution in [3.63, 3.8) is 0 Å². The van der Waals surface area contributed by atoms with Crippen molar-refractivity contribution >= 4 is 24.0 Å². The standard InChI is InChI=1S/C31H39N3O5/c1-3-38-27-13-9-8-12-25(27)14-15-28(35)33-19-16-31(17-20-33)18-21-34(23-31)29(36)26(32-30(37)39-4-2)22-24-10-6-5-7-11-24/h5-15,26H,3-4,16-23H2,1-2H3,(H,32,37)/b15-14+/t26-/m0/s1. The highest BCUT2D eigenvalue weighted by molar-refractivity contribution is 5.92. The predicted octanol–water partition coefficient (Wildman–Crippen LogP) is 4.30. The highest BCUT2D eigenvalue weighted by atomic mass is 16.5. The second-order valence-corrected chi connectivity index (χ2v) is 10.2. The summed E-state index contributed by atoms with van der Waals surface area (Å²) in [5.41, 5.74) is 1.86. The van der Waals surface area contributed by atoms with Gasteiger partial charge in [0.1, 0.15) is 11.8 Å². The Labute approximate surface area is 231 Å². The Morgan fingerprint density at radius 1 is 0.923 bits per heavy atom. The Bertz CT molecular complexity index is 1160. The van der Waals surface area contributed by atoms with Crippen LogP contribution in [0.2, 0.25) is 0 Å². The number of piperidine rings is 1. The van der Waals surface area contributed by atoms with E-state index in [1.54, 1.807) is 13.0 Å². The Balaban J connectivity index is 1.34. The molecule has 8 heteroatoms. The minimum Gasteiger partial charge on any atom is -0.493 e. The number of benzene rings is 2. The Hall–Kier alpha value is -3.81. The molecule has 0 unspecified atom stereocenters. The molecule has 1 atom stereocenters. The lowest BCUT2D eigenvalue weighted by Gasteiger charge is -2.39. The van der Waals surface area contributed by atoms with Gasteiger partial charge in [-0.25, -0.2) is 4.79 Å². The van der Waals surface area contributed by atoms with Crippen LogP contribution < -0.4 is 10.1 Å². The van der Waals surface area contributed by atoms with E-state index in [4.69, 9.17) is 9.47 Å². The molecule has 8 nitrogen and oxygen atoms in total. The highest BCUT2D eigenvalue weighted by Crippen LogP contribution is 2.40. The lowest BCUT2D eigenvalue weighted by Crippen LogP contribution is -2.50. The van der Waals surface area contributed by atoms with Gasteiger partial charge in [-0.1, -0.05) is 48.5 Å². The molecule has 2 heterocycles.